The fourth-order valence-corrected chi connectivity index (χ4v) is 2.75. The number of carbonyl (C=O) groups excluding carboxylic acids is 1. The van der Waals surface area contributed by atoms with Gasteiger partial charge in [0.15, 0.2) is 0 Å². The van der Waals surface area contributed by atoms with Crippen LogP contribution in [0.5, 0.6) is 0 Å². The minimum absolute atomic E-state index is 0.0187. The second-order valence-electron chi connectivity index (χ2n) is 6.06. The molecule has 2 N–H and O–H groups in total. The molecule has 0 aliphatic rings. The van der Waals surface area contributed by atoms with Crippen LogP contribution in [-0.2, 0) is 4.79 Å². The van der Waals surface area contributed by atoms with Crippen LogP contribution in [-0.4, -0.2) is 25.7 Å². The Balaban J connectivity index is 2.31. The predicted molar refractivity (Wildman–Crippen MR) is 93.4 cm³/mol. The average molecular weight is 331 g/mol. The summed E-state index contributed by atoms with van der Waals surface area (Å²) >= 11 is 0. The van der Waals surface area contributed by atoms with Crippen LogP contribution in [0.3, 0.4) is 0 Å². The van der Waals surface area contributed by atoms with Crippen LogP contribution in [0.2, 0.25) is 0 Å². The summed E-state index contributed by atoms with van der Waals surface area (Å²) in [5, 5.41) is 7.27. The van der Waals surface area contributed by atoms with E-state index in [1.807, 2.05) is 6.92 Å². The number of amides is 1. The molecule has 130 valence electrons. The Morgan fingerprint density at radius 1 is 1.21 bits per heavy atom. The molecule has 0 spiro atoms. The molecule has 0 aromatic carbocycles. The number of anilines is 1. The molecular weight excluding hydrogens is 306 g/mol. The molecule has 0 bridgehead atoms. The maximum absolute atomic E-state index is 12.6. The van der Waals surface area contributed by atoms with Gasteiger partial charge in [-0.2, -0.15) is 9.78 Å². The van der Waals surface area contributed by atoms with Crippen molar-refractivity contribution in [2.24, 2.45) is 5.92 Å². The number of H-pyrrole nitrogens is 1. The molecule has 0 aliphatic carbocycles. The maximum atomic E-state index is 12.6. The summed E-state index contributed by atoms with van der Waals surface area (Å²) < 4.78 is 1.47. The van der Waals surface area contributed by atoms with Gasteiger partial charge >= 0.3 is 0 Å². The van der Waals surface area contributed by atoms with Gasteiger partial charge in [-0.05, 0) is 26.7 Å². The zero-order valence-electron chi connectivity index (χ0n) is 14.7. The van der Waals surface area contributed by atoms with Crippen LogP contribution in [0, 0.1) is 19.8 Å². The van der Waals surface area contributed by atoms with Gasteiger partial charge in [-0.25, -0.2) is 4.98 Å². The molecule has 0 fully saturated rings. The number of aromatic amines is 1. The molecule has 0 saturated carbocycles. The molecule has 0 radical (unpaired) electrons. The Kier molecular flexibility index (Phi) is 5.89. The summed E-state index contributed by atoms with van der Waals surface area (Å²) in [7, 11) is 0. The summed E-state index contributed by atoms with van der Waals surface area (Å²) in [6, 6.07) is 3.19. The topological polar surface area (TPSA) is 92.7 Å². The highest BCUT2D eigenvalue weighted by Gasteiger charge is 2.19. The number of aromatic nitrogens is 4. The molecule has 0 aliphatic heterocycles. The molecule has 0 atom stereocenters. The fourth-order valence-electron chi connectivity index (χ4n) is 2.75. The zero-order valence-corrected chi connectivity index (χ0v) is 14.7. The number of nitrogens with one attached hydrogen (secondary N) is 2. The number of nitrogens with zero attached hydrogens (tertiary/aromatic N) is 3. The molecule has 0 saturated heterocycles. The molecule has 24 heavy (non-hydrogen) atoms. The minimum atomic E-state index is -0.252. The van der Waals surface area contributed by atoms with Gasteiger partial charge < -0.3 is 5.32 Å². The Morgan fingerprint density at radius 2 is 1.88 bits per heavy atom. The van der Waals surface area contributed by atoms with Crippen molar-refractivity contribution in [3.63, 3.8) is 0 Å². The van der Waals surface area contributed by atoms with Gasteiger partial charge in [0, 0.05) is 23.7 Å². The van der Waals surface area contributed by atoms with Crippen LogP contribution >= 0.6 is 0 Å². The molecule has 7 heteroatoms. The number of hydrogen-bond donors (Lipinski definition) is 2. The summed E-state index contributed by atoms with van der Waals surface area (Å²) in [6.45, 7) is 7.72. The van der Waals surface area contributed by atoms with E-state index in [4.69, 9.17) is 0 Å². The van der Waals surface area contributed by atoms with Gasteiger partial charge in [0.25, 0.3) is 5.56 Å². The third-order valence-electron chi connectivity index (χ3n) is 3.79. The van der Waals surface area contributed by atoms with E-state index in [9.17, 15) is 9.59 Å². The molecule has 2 heterocycles. The second-order valence-corrected chi connectivity index (χ2v) is 6.06. The van der Waals surface area contributed by atoms with E-state index in [2.05, 4.69) is 34.2 Å². The summed E-state index contributed by atoms with van der Waals surface area (Å²) in [5.41, 5.74) is 1.07. The van der Waals surface area contributed by atoms with Gasteiger partial charge in [-0.3, -0.25) is 14.6 Å². The molecule has 0 unspecified atom stereocenters. The van der Waals surface area contributed by atoms with Crippen molar-refractivity contribution in [3.8, 4) is 5.95 Å². The van der Waals surface area contributed by atoms with E-state index in [1.165, 1.54) is 10.7 Å². The van der Waals surface area contributed by atoms with E-state index >= 15 is 0 Å². The highest BCUT2D eigenvalue weighted by molar-refractivity contribution is 5.92. The summed E-state index contributed by atoms with van der Waals surface area (Å²) in [4.78, 5) is 31.2. The monoisotopic (exact) mass is 331 g/mol. The van der Waals surface area contributed by atoms with Gasteiger partial charge in [0.05, 0.1) is 5.69 Å². The first kappa shape index (κ1) is 17.9. The number of carbonyl (C=O) groups is 1. The van der Waals surface area contributed by atoms with Crippen molar-refractivity contribution in [2.45, 2.75) is 53.4 Å². The highest BCUT2D eigenvalue weighted by Crippen LogP contribution is 2.19. The Hall–Kier alpha value is -2.44. The van der Waals surface area contributed by atoms with Crippen molar-refractivity contribution >= 4 is 11.7 Å². The third kappa shape index (κ3) is 4.31. The molecule has 1 amide bonds. The highest BCUT2D eigenvalue weighted by atomic mass is 16.2. The van der Waals surface area contributed by atoms with Crippen LogP contribution < -0.4 is 10.9 Å². The number of aryl methyl sites for hydroxylation is 2. The maximum Gasteiger partial charge on any atom is 0.252 e. The van der Waals surface area contributed by atoms with E-state index in [-0.39, 0.29) is 17.4 Å². The lowest BCUT2D eigenvalue weighted by atomic mass is 9.97. The van der Waals surface area contributed by atoms with Crippen LogP contribution in [0.15, 0.2) is 16.9 Å². The molecule has 2 aromatic rings. The Bertz CT molecular complexity index is 757. The first-order chi connectivity index (χ1) is 11.4. The lowest BCUT2D eigenvalue weighted by molar-refractivity contribution is -0.120. The molecule has 2 rings (SSSR count). The average Bonchev–Trinajstić information content (AvgIpc) is 2.86. The first-order valence-corrected chi connectivity index (χ1v) is 8.40. The van der Waals surface area contributed by atoms with Crippen LogP contribution in [0.25, 0.3) is 5.95 Å². The summed E-state index contributed by atoms with van der Waals surface area (Å²) in [6.07, 6.45) is 3.63. The first-order valence-electron chi connectivity index (χ1n) is 8.40. The van der Waals surface area contributed by atoms with Crippen LogP contribution in [0.1, 0.15) is 50.9 Å². The number of rotatable bonds is 7. The van der Waals surface area contributed by atoms with E-state index in [0.717, 1.165) is 31.4 Å². The molecule has 2 aromatic heterocycles. The second kappa shape index (κ2) is 7.90. The van der Waals surface area contributed by atoms with Gasteiger partial charge in [-0.15, -0.1) is 0 Å². The van der Waals surface area contributed by atoms with Crippen molar-refractivity contribution in [1.29, 1.82) is 0 Å². The van der Waals surface area contributed by atoms with Crippen molar-refractivity contribution < 1.29 is 4.79 Å². The third-order valence-corrected chi connectivity index (χ3v) is 3.79. The quantitative estimate of drug-likeness (QED) is 0.816. The SMILES string of the molecule is CCCC(CCC)C(=O)Nc1cc(C)nn1-c1nc(C)cc(=O)[nH]1. The summed E-state index contributed by atoms with van der Waals surface area (Å²) in [5.74, 6) is 0.775. The van der Waals surface area contributed by atoms with E-state index < -0.39 is 0 Å². The zero-order chi connectivity index (χ0) is 17.7. The minimum Gasteiger partial charge on any atom is -0.310 e. The lowest BCUT2D eigenvalue weighted by Crippen LogP contribution is -2.25. The predicted octanol–water partition coefficient (Wildman–Crippen LogP) is 2.73. The smallest absolute Gasteiger partial charge is 0.252 e. The Morgan fingerprint density at radius 3 is 2.46 bits per heavy atom. The largest absolute Gasteiger partial charge is 0.310 e. The van der Waals surface area contributed by atoms with Gasteiger partial charge in [-0.1, -0.05) is 26.7 Å². The van der Waals surface area contributed by atoms with Crippen molar-refractivity contribution in [3.05, 3.63) is 33.9 Å². The van der Waals surface area contributed by atoms with Gasteiger partial charge in [0.2, 0.25) is 11.9 Å². The van der Waals surface area contributed by atoms with E-state index in [1.54, 1.807) is 13.0 Å². The van der Waals surface area contributed by atoms with Crippen molar-refractivity contribution in [2.75, 3.05) is 5.32 Å². The standard InChI is InChI=1S/C17H25N5O2/c1-5-7-13(8-6-2)16(24)19-14-9-12(4)21-22(14)17-18-11(3)10-15(23)20-17/h9-10,13H,5-8H2,1-4H3,(H,19,24)(H,18,20,23). The van der Waals surface area contributed by atoms with E-state index in [0.29, 0.717) is 17.5 Å². The fraction of sp³-hybridized carbons (Fsp3) is 0.529. The molecular formula is C17H25N5O2. The normalized spacial score (nSPS) is 11.0. The number of hydrogen-bond acceptors (Lipinski definition) is 4. The molecule has 7 nitrogen and oxygen atoms in total. The van der Waals surface area contributed by atoms with Crippen LogP contribution in [0.4, 0.5) is 5.82 Å². The Labute approximate surface area is 141 Å². The van der Waals surface area contributed by atoms with Gasteiger partial charge in [0.1, 0.15) is 5.82 Å². The lowest BCUT2D eigenvalue weighted by Gasteiger charge is -2.15. The van der Waals surface area contributed by atoms with Crippen molar-refractivity contribution in [1.82, 2.24) is 19.7 Å².